The van der Waals surface area contributed by atoms with Gasteiger partial charge in [0.1, 0.15) is 30.3 Å². The summed E-state index contributed by atoms with van der Waals surface area (Å²) in [5, 5.41) is 3.34. The van der Waals surface area contributed by atoms with E-state index in [-0.39, 0.29) is 12.5 Å². The Morgan fingerprint density at radius 2 is 1.24 bits per heavy atom. The van der Waals surface area contributed by atoms with E-state index in [1.54, 1.807) is 53.4 Å². The summed E-state index contributed by atoms with van der Waals surface area (Å²) >= 11 is 0. The van der Waals surface area contributed by atoms with Gasteiger partial charge >= 0.3 is 6.09 Å². The Labute approximate surface area is 247 Å². The van der Waals surface area contributed by atoms with E-state index in [0.717, 1.165) is 52.4 Å². The number of amides is 1. The number of carbonyl (C=O) groups is 1. The average Bonchev–Trinajstić information content (AvgIpc) is 3.56. The second kappa shape index (κ2) is 12.7. The summed E-state index contributed by atoms with van der Waals surface area (Å²) in [6.07, 6.45) is -0.485. The molecule has 2 heterocycles. The van der Waals surface area contributed by atoms with Crippen LogP contribution in [-0.4, -0.2) is 111 Å². The number of alkyl halides is 2. The molecule has 2 aromatic carbocycles. The first-order valence-electron chi connectivity index (χ1n) is 15.0. The molecule has 3 fully saturated rings. The minimum absolute atomic E-state index is 0.210. The van der Waals surface area contributed by atoms with Crippen molar-refractivity contribution in [3.63, 3.8) is 0 Å². The summed E-state index contributed by atoms with van der Waals surface area (Å²) in [5.74, 6) is -1.46. The fourth-order valence-electron chi connectivity index (χ4n) is 5.75. The van der Waals surface area contributed by atoms with Gasteiger partial charge in [0.2, 0.25) is 0 Å². The maximum absolute atomic E-state index is 14.9. The predicted molar refractivity (Wildman–Crippen MR) is 158 cm³/mol. The molecular weight excluding hydrogens is 542 g/mol. The number of hydrogen-bond donors (Lipinski definition) is 1. The van der Waals surface area contributed by atoms with Gasteiger partial charge in [-0.3, -0.25) is 9.80 Å². The number of hydrogen-bond acceptors (Lipinski definition) is 7. The van der Waals surface area contributed by atoms with Gasteiger partial charge in [0.15, 0.2) is 0 Å². The van der Waals surface area contributed by atoms with Crippen molar-refractivity contribution in [3.05, 3.63) is 59.7 Å². The van der Waals surface area contributed by atoms with Gasteiger partial charge < -0.3 is 24.4 Å². The Kier molecular flexibility index (Phi) is 9.25. The Balaban J connectivity index is 1.09. The average molecular weight is 587 g/mol. The molecule has 0 spiro atoms. The first kappa shape index (κ1) is 30.5. The lowest BCUT2D eigenvalue weighted by molar-refractivity contribution is 0.0137. The van der Waals surface area contributed by atoms with Gasteiger partial charge in [-0.1, -0.05) is 24.3 Å². The summed E-state index contributed by atoms with van der Waals surface area (Å²) in [7, 11) is 0. The van der Waals surface area contributed by atoms with Gasteiger partial charge in [0.05, 0.1) is 5.41 Å². The molecule has 1 atom stereocenters. The highest BCUT2D eigenvalue weighted by molar-refractivity contribution is 5.68. The van der Waals surface area contributed by atoms with E-state index in [1.807, 2.05) is 20.8 Å². The van der Waals surface area contributed by atoms with Gasteiger partial charge in [-0.25, -0.2) is 13.6 Å². The minimum Gasteiger partial charge on any atom is -0.492 e. The maximum Gasteiger partial charge on any atom is 0.410 e. The molecule has 230 valence electrons. The van der Waals surface area contributed by atoms with Crippen LogP contribution in [0.4, 0.5) is 13.6 Å². The summed E-state index contributed by atoms with van der Waals surface area (Å²) in [6, 6.07) is 14.2. The lowest BCUT2D eigenvalue weighted by Gasteiger charge is -2.35. The normalized spacial score (nSPS) is 22.9. The fraction of sp³-hybridized carbons (Fsp3) is 0.594. The fourth-order valence-corrected chi connectivity index (χ4v) is 5.75. The zero-order chi connectivity index (χ0) is 29.8. The lowest BCUT2D eigenvalue weighted by Crippen LogP contribution is -2.50. The number of ether oxygens (including phenoxy) is 3. The molecule has 42 heavy (non-hydrogen) atoms. The van der Waals surface area contributed by atoms with Crippen LogP contribution in [0, 0.1) is 0 Å². The Morgan fingerprint density at radius 3 is 1.67 bits per heavy atom. The molecule has 8 nitrogen and oxygen atoms in total. The van der Waals surface area contributed by atoms with Crippen molar-refractivity contribution in [1.82, 2.24) is 20.0 Å². The monoisotopic (exact) mass is 586 g/mol. The molecule has 5 rings (SSSR count). The van der Waals surface area contributed by atoms with Crippen LogP contribution in [0.25, 0.3) is 0 Å². The van der Waals surface area contributed by atoms with E-state index in [0.29, 0.717) is 48.9 Å². The summed E-state index contributed by atoms with van der Waals surface area (Å²) < 4.78 is 47.1. The highest BCUT2D eigenvalue weighted by atomic mass is 19.3. The third-order valence-electron chi connectivity index (χ3n) is 8.27. The van der Waals surface area contributed by atoms with Crippen molar-refractivity contribution < 1.29 is 27.8 Å². The number of piperazine rings is 2. The van der Waals surface area contributed by atoms with Crippen LogP contribution in [0.3, 0.4) is 0 Å². The van der Waals surface area contributed by atoms with E-state index in [2.05, 4.69) is 15.1 Å². The molecule has 2 aliphatic heterocycles. The van der Waals surface area contributed by atoms with Crippen LogP contribution < -0.4 is 14.8 Å². The second-order valence-corrected chi connectivity index (χ2v) is 12.4. The van der Waals surface area contributed by atoms with Crippen molar-refractivity contribution in [2.75, 3.05) is 78.7 Å². The lowest BCUT2D eigenvalue weighted by atomic mass is 9.87. The zero-order valence-electron chi connectivity index (χ0n) is 25.0. The molecule has 10 heteroatoms. The smallest absolute Gasteiger partial charge is 0.410 e. The molecule has 1 aliphatic carbocycles. The molecule has 1 unspecified atom stereocenters. The molecule has 1 amide bonds. The SMILES string of the molecule is CC(C)(C)OC(=O)N1CCN(CCOc2ccc(C3(c4ccc(OCCN5CCNCC5)cc4)CC3(F)F)cc2)CC1. The third kappa shape index (κ3) is 7.33. The molecule has 2 saturated heterocycles. The van der Waals surface area contributed by atoms with Crippen LogP contribution in [0.15, 0.2) is 48.5 Å². The highest BCUT2D eigenvalue weighted by Crippen LogP contribution is 2.65. The van der Waals surface area contributed by atoms with E-state index >= 15 is 0 Å². The van der Waals surface area contributed by atoms with Crippen LogP contribution in [0.2, 0.25) is 0 Å². The molecule has 0 radical (unpaired) electrons. The molecular formula is C32H44F2N4O4. The number of carbonyl (C=O) groups excluding carboxylic acids is 1. The predicted octanol–water partition coefficient (Wildman–Crippen LogP) is 4.23. The topological polar surface area (TPSA) is 66.5 Å². The molecule has 2 aromatic rings. The van der Waals surface area contributed by atoms with Crippen LogP contribution in [0.1, 0.15) is 38.3 Å². The number of rotatable bonds is 10. The number of nitrogens with one attached hydrogen (secondary N) is 1. The molecule has 0 aromatic heterocycles. The first-order valence-corrected chi connectivity index (χ1v) is 15.0. The van der Waals surface area contributed by atoms with E-state index in [1.165, 1.54) is 0 Å². The summed E-state index contributed by atoms with van der Waals surface area (Å²) in [5.41, 5.74) is -0.637. The van der Waals surface area contributed by atoms with Crippen molar-refractivity contribution in [3.8, 4) is 11.5 Å². The van der Waals surface area contributed by atoms with Crippen molar-refractivity contribution in [1.29, 1.82) is 0 Å². The highest BCUT2D eigenvalue weighted by Gasteiger charge is 2.72. The van der Waals surface area contributed by atoms with E-state index in [4.69, 9.17) is 14.2 Å². The Bertz CT molecular complexity index is 1170. The quantitative estimate of drug-likeness (QED) is 0.447. The van der Waals surface area contributed by atoms with E-state index in [9.17, 15) is 13.6 Å². The minimum atomic E-state index is -2.80. The van der Waals surface area contributed by atoms with Gasteiger partial charge in [-0.05, 0) is 56.2 Å². The number of nitrogens with zero attached hydrogens (tertiary/aromatic N) is 3. The number of halogens is 2. The zero-order valence-corrected chi connectivity index (χ0v) is 25.0. The van der Waals surface area contributed by atoms with Gasteiger partial charge in [-0.2, -0.15) is 0 Å². The first-order chi connectivity index (χ1) is 20.1. The second-order valence-electron chi connectivity index (χ2n) is 12.4. The van der Waals surface area contributed by atoms with Crippen LogP contribution in [-0.2, 0) is 10.2 Å². The van der Waals surface area contributed by atoms with Crippen molar-refractivity contribution in [2.24, 2.45) is 0 Å². The standard InChI is InChI=1S/C32H44F2N4O4/c1-30(2,3)42-29(39)38-18-16-37(17-19-38)21-23-41-28-10-6-26(7-11-28)31(24-32(31,33)34)25-4-8-27(9-5-25)40-22-20-36-14-12-35-13-15-36/h4-11,35H,12-24H2,1-3H3. The van der Waals surface area contributed by atoms with Crippen LogP contribution >= 0.6 is 0 Å². The molecule has 0 bridgehead atoms. The van der Waals surface area contributed by atoms with Crippen molar-refractivity contribution >= 4 is 6.09 Å². The Hall–Kier alpha value is -2.95. The third-order valence-corrected chi connectivity index (χ3v) is 8.27. The van der Waals surface area contributed by atoms with Gasteiger partial charge in [0.25, 0.3) is 5.92 Å². The molecule has 3 aliphatic rings. The molecule has 1 N–H and O–H groups in total. The van der Waals surface area contributed by atoms with Gasteiger partial charge in [0, 0.05) is 71.9 Å². The van der Waals surface area contributed by atoms with Crippen LogP contribution in [0.5, 0.6) is 11.5 Å². The molecule has 1 saturated carbocycles. The maximum atomic E-state index is 14.9. The Morgan fingerprint density at radius 1 is 0.786 bits per heavy atom. The number of benzene rings is 2. The largest absolute Gasteiger partial charge is 0.492 e. The van der Waals surface area contributed by atoms with Crippen molar-refractivity contribution in [2.45, 2.75) is 44.1 Å². The van der Waals surface area contributed by atoms with E-state index < -0.39 is 16.9 Å². The summed E-state index contributed by atoms with van der Waals surface area (Å²) in [6.45, 7) is 15.0. The van der Waals surface area contributed by atoms with Gasteiger partial charge in [-0.15, -0.1) is 0 Å². The summed E-state index contributed by atoms with van der Waals surface area (Å²) in [4.78, 5) is 18.6.